The smallest absolute Gasteiger partial charge is 0.244 e. The van der Waals surface area contributed by atoms with Crippen molar-refractivity contribution in [1.29, 1.82) is 0 Å². The van der Waals surface area contributed by atoms with Crippen molar-refractivity contribution in [2.24, 2.45) is 5.10 Å². The van der Waals surface area contributed by atoms with Gasteiger partial charge in [-0.3, -0.25) is 4.79 Å². The van der Waals surface area contributed by atoms with Crippen molar-refractivity contribution in [2.45, 2.75) is 6.42 Å². The van der Waals surface area contributed by atoms with Crippen LogP contribution in [-0.4, -0.2) is 22.3 Å². The number of carbonyl (C=O) groups excluding carboxylic acids is 1. The van der Waals surface area contributed by atoms with Gasteiger partial charge in [0.15, 0.2) is 0 Å². The van der Waals surface area contributed by atoms with Gasteiger partial charge in [-0.2, -0.15) is 5.10 Å². The first-order valence-corrected chi connectivity index (χ1v) is 7.44. The van der Waals surface area contributed by atoms with Gasteiger partial charge in [-0.15, -0.1) is 0 Å². The van der Waals surface area contributed by atoms with E-state index in [1.54, 1.807) is 0 Å². The number of amides is 1. The van der Waals surface area contributed by atoms with E-state index in [9.17, 15) is 15.0 Å². The summed E-state index contributed by atoms with van der Waals surface area (Å²) >= 11 is 0. The molecule has 0 aliphatic carbocycles. The van der Waals surface area contributed by atoms with E-state index >= 15 is 0 Å². The second-order valence-electron chi connectivity index (χ2n) is 5.35. The average Bonchev–Trinajstić information content (AvgIpc) is 2.57. The molecule has 3 N–H and O–H groups in total. The lowest BCUT2D eigenvalue weighted by atomic mass is 10.0. The quantitative estimate of drug-likeness (QED) is 0.510. The maximum Gasteiger partial charge on any atom is 0.244 e. The van der Waals surface area contributed by atoms with Gasteiger partial charge >= 0.3 is 0 Å². The third kappa shape index (κ3) is 3.52. The minimum Gasteiger partial charge on any atom is -0.508 e. The SMILES string of the molecule is O=C(Cc1cccc2ccccc12)NN=Cc1ccc(O)cc1O. The van der Waals surface area contributed by atoms with Gasteiger partial charge in [-0.05, 0) is 28.5 Å². The molecule has 0 aromatic heterocycles. The van der Waals surface area contributed by atoms with Crippen molar-refractivity contribution >= 4 is 22.9 Å². The van der Waals surface area contributed by atoms with Gasteiger partial charge in [-0.1, -0.05) is 42.5 Å². The lowest BCUT2D eigenvalue weighted by molar-refractivity contribution is -0.120. The Morgan fingerprint density at radius 1 is 1.04 bits per heavy atom. The number of carbonyl (C=O) groups is 1. The minimum atomic E-state index is -0.249. The van der Waals surface area contributed by atoms with E-state index in [0.29, 0.717) is 5.56 Å². The van der Waals surface area contributed by atoms with Crippen LogP contribution in [0.25, 0.3) is 10.8 Å². The number of fused-ring (bicyclic) bond motifs is 1. The Balaban J connectivity index is 1.68. The Bertz CT molecular complexity index is 914. The van der Waals surface area contributed by atoms with Crippen molar-refractivity contribution in [3.8, 4) is 11.5 Å². The molecule has 0 spiro atoms. The van der Waals surface area contributed by atoms with Gasteiger partial charge < -0.3 is 10.2 Å². The van der Waals surface area contributed by atoms with Gasteiger partial charge in [0.2, 0.25) is 5.91 Å². The number of phenolic OH excluding ortho intramolecular Hbond substituents is 2. The normalized spacial score (nSPS) is 11.0. The second-order valence-corrected chi connectivity index (χ2v) is 5.35. The summed E-state index contributed by atoms with van der Waals surface area (Å²) in [6.07, 6.45) is 1.54. The summed E-state index contributed by atoms with van der Waals surface area (Å²) < 4.78 is 0. The first kappa shape index (κ1) is 15.6. The Labute approximate surface area is 138 Å². The Morgan fingerprint density at radius 2 is 1.83 bits per heavy atom. The molecule has 0 bridgehead atoms. The third-order valence-corrected chi connectivity index (χ3v) is 3.64. The van der Waals surface area contributed by atoms with E-state index in [0.717, 1.165) is 16.3 Å². The predicted molar refractivity (Wildman–Crippen MR) is 93.2 cm³/mol. The highest BCUT2D eigenvalue weighted by Gasteiger charge is 2.06. The summed E-state index contributed by atoms with van der Waals surface area (Å²) in [6, 6.07) is 17.9. The number of hydrogen-bond donors (Lipinski definition) is 3. The molecule has 120 valence electrons. The number of hydrogen-bond acceptors (Lipinski definition) is 4. The molecular formula is C19H16N2O3. The van der Waals surface area contributed by atoms with Crippen LogP contribution in [0.2, 0.25) is 0 Å². The molecule has 0 atom stereocenters. The standard InChI is InChI=1S/C19H16N2O3/c22-16-9-8-15(18(23)11-16)12-20-21-19(24)10-14-6-3-5-13-4-1-2-7-17(13)14/h1-9,11-12,22-23H,10H2,(H,21,24). The van der Waals surface area contributed by atoms with Crippen LogP contribution in [0.15, 0.2) is 65.8 Å². The highest BCUT2D eigenvalue weighted by molar-refractivity contribution is 5.91. The maximum absolute atomic E-state index is 12.1. The van der Waals surface area contributed by atoms with E-state index in [1.807, 2.05) is 42.5 Å². The highest BCUT2D eigenvalue weighted by atomic mass is 16.3. The molecule has 0 aliphatic rings. The molecule has 5 nitrogen and oxygen atoms in total. The highest BCUT2D eigenvalue weighted by Crippen LogP contribution is 2.21. The summed E-state index contributed by atoms with van der Waals surface area (Å²) in [4.78, 5) is 12.1. The van der Waals surface area contributed by atoms with Gasteiger partial charge in [0.25, 0.3) is 0 Å². The zero-order valence-electron chi connectivity index (χ0n) is 12.8. The predicted octanol–water partition coefficient (Wildman–Crippen LogP) is 2.94. The van der Waals surface area contributed by atoms with Crippen molar-refractivity contribution in [2.75, 3.05) is 0 Å². The molecule has 3 aromatic rings. The monoisotopic (exact) mass is 320 g/mol. The van der Waals surface area contributed by atoms with Crippen LogP contribution in [-0.2, 0) is 11.2 Å². The number of aromatic hydroxyl groups is 2. The summed E-state index contributed by atoms with van der Waals surface area (Å²) in [6.45, 7) is 0. The van der Waals surface area contributed by atoms with Gasteiger partial charge in [-0.25, -0.2) is 5.43 Å². The third-order valence-electron chi connectivity index (χ3n) is 3.64. The fourth-order valence-corrected chi connectivity index (χ4v) is 2.47. The summed E-state index contributed by atoms with van der Waals surface area (Å²) in [5.41, 5.74) is 3.77. The maximum atomic E-state index is 12.1. The van der Waals surface area contributed by atoms with Crippen LogP contribution >= 0.6 is 0 Å². The zero-order valence-corrected chi connectivity index (χ0v) is 12.8. The molecular weight excluding hydrogens is 304 g/mol. The number of benzene rings is 3. The molecule has 0 radical (unpaired) electrons. The molecule has 1 amide bonds. The molecule has 0 heterocycles. The first-order valence-electron chi connectivity index (χ1n) is 7.44. The summed E-state index contributed by atoms with van der Waals surface area (Å²) in [5, 5.41) is 24.8. The lowest BCUT2D eigenvalue weighted by Crippen LogP contribution is -2.19. The number of nitrogens with zero attached hydrogens (tertiary/aromatic N) is 1. The van der Waals surface area contributed by atoms with E-state index in [2.05, 4.69) is 10.5 Å². The van der Waals surface area contributed by atoms with Crippen LogP contribution in [0.1, 0.15) is 11.1 Å². The number of nitrogens with one attached hydrogen (secondary N) is 1. The van der Waals surface area contributed by atoms with E-state index in [-0.39, 0.29) is 23.8 Å². The minimum absolute atomic E-state index is 0.0374. The van der Waals surface area contributed by atoms with Crippen LogP contribution < -0.4 is 5.43 Å². The molecule has 0 saturated heterocycles. The van der Waals surface area contributed by atoms with Gasteiger partial charge in [0.05, 0.1) is 12.6 Å². The van der Waals surface area contributed by atoms with Crippen LogP contribution in [0.4, 0.5) is 0 Å². The summed E-state index contributed by atoms with van der Waals surface area (Å²) in [7, 11) is 0. The van der Waals surface area contributed by atoms with Gasteiger partial charge in [0, 0.05) is 11.6 Å². The average molecular weight is 320 g/mol. The van der Waals surface area contributed by atoms with Gasteiger partial charge in [0.1, 0.15) is 11.5 Å². The molecule has 5 heteroatoms. The number of rotatable bonds is 4. The van der Waals surface area contributed by atoms with Crippen LogP contribution in [0, 0.1) is 0 Å². The Morgan fingerprint density at radius 3 is 2.67 bits per heavy atom. The van der Waals surface area contributed by atoms with Crippen LogP contribution in [0.5, 0.6) is 11.5 Å². The topological polar surface area (TPSA) is 81.9 Å². The molecule has 0 aliphatic heterocycles. The van der Waals surface area contributed by atoms with Crippen molar-refractivity contribution in [1.82, 2.24) is 5.43 Å². The second kappa shape index (κ2) is 6.83. The first-order chi connectivity index (χ1) is 11.6. The van der Waals surface area contributed by atoms with Crippen molar-refractivity contribution < 1.29 is 15.0 Å². The molecule has 0 unspecified atom stereocenters. The Kier molecular flexibility index (Phi) is 4.43. The molecule has 3 rings (SSSR count). The van der Waals surface area contributed by atoms with Crippen LogP contribution in [0.3, 0.4) is 0 Å². The zero-order chi connectivity index (χ0) is 16.9. The lowest BCUT2D eigenvalue weighted by Gasteiger charge is -2.05. The molecule has 24 heavy (non-hydrogen) atoms. The van der Waals surface area contributed by atoms with E-state index in [4.69, 9.17) is 0 Å². The van der Waals surface area contributed by atoms with Crippen molar-refractivity contribution in [3.63, 3.8) is 0 Å². The number of hydrazone groups is 1. The fraction of sp³-hybridized carbons (Fsp3) is 0.0526. The van der Waals surface area contributed by atoms with E-state index < -0.39 is 0 Å². The molecule has 3 aromatic carbocycles. The number of phenols is 2. The fourth-order valence-electron chi connectivity index (χ4n) is 2.47. The molecule has 0 fully saturated rings. The van der Waals surface area contributed by atoms with Crippen molar-refractivity contribution in [3.05, 3.63) is 71.8 Å². The Hall–Kier alpha value is -3.34. The molecule has 0 saturated carbocycles. The largest absolute Gasteiger partial charge is 0.508 e. The summed E-state index contributed by atoms with van der Waals surface area (Å²) in [5.74, 6) is -0.396. The van der Waals surface area contributed by atoms with E-state index in [1.165, 1.54) is 24.4 Å².